The minimum atomic E-state index is -0.483. The Morgan fingerprint density at radius 1 is 1.03 bits per heavy atom. The van der Waals surface area contributed by atoms with Crippen LogP contribution in [0.4, 0.5) is 5.69 Å². The molecule has 2 heterocycles. The highest BCUT2D eigenvalue weighted by Gasteiger charge is 2.38. The molecule has 35 heavy (non-hydrogen) atoms. The number of nitrogens with zero attached hydrogens (tertiary/aromatic N) is 3. The summed E-state index contributed by atoms with van der Waals surface area (Å²) in [7, 11) is 1.60. The summed E-state index contributed by atoms with van der Waals surface area (Å²) in [6.07, 6.45) is 0. The highest BCUT2D eigenvalue weighted by Crippen LogP contribution is 2.38. The average molecular weight is 488 g/mol. The second kappa shape index (κ2) is 10.1. The molecule has 0 fully saturated rings. The van der Waals surface area contributed by atoms with Crippen LogP contribution < -0.4 is 20.2 Å². The first kappa shape index (κ1) is 22.8. The van der Waals surface area contributed by atoms with Crippen molar-refractivity contribution < 1.29 is 14.3 Å². The number of aromatic nitrogens is 3. The Labute approximate surface area is 207 Å². The zero-order chi connectivity index (χ0) is 24.2. The van der Waals surface area contributed by atoms with Gasteiger partial charge in [0.15, 0.2) is 5.82 Å². The SMILES string of the molecule is COc1cccc(NC(=O)[C@H]2Sc3nnc(COc4ccccc4)n3N[C@@H]2c2ccc(C)cc2)c1. The van der Waals surface area contributed by atoms with Crippen LogP contribution in [0.15, 0.2) is 84.0 Å². The standard InChI is InChI=1S/C26H25N5O3S/c1-17-11-13-18(14-12-17)23-24(25(32)27-19-7-6-10-21(15-19)33-2)35-26-29-28-22(31(26)30-23)16-34-20-8-4-3-5-9-20/h3-15,23-24,30H,16H2,1-2H3,(H,27,32)/t23-,24+/m1/s1. The van der Waals surface area contributed by atoms with Crippen molar-refractivity contribution in [2.45, 2.75) is 30.0 Å². The molecular weight excluding hydrogens is 462 g/mol. The lowest BCUT2D eigenvalue weighted by atomic mass is 10.0. The van der Waals surface area contributed by atoms with Crippen LogP contribution >= 0.6 is 11.8 Å². The van der Waals surface area contributed by atoms with Crippen molar-refractivity contribution in [1.29, 1.82) is 0 Å². The lowest BCUT2D eigenvalue weighted by molar-refractivity contribution is -0.116. The number of para-hydroxylation sites is 1. The average Bonchev–Trinajstić information content (AvgIpc) is 3.30. The summed E-state index contributed by atoms with van der Waals surface area (Å²) in [5.41, 5.74) is 6.27. The van der Waals surface area contributed by atoms with E-state index < -0.39 is 5.25 Å². The van der Waals surface area contributed by atoms with Crippen LogP contribution in [-0.4, -0.2) is 33.1 Å². The lowest BCUT2D eigenvalue weighted by Gasteiger charge is -2.33. The van der Waals surface area contributed by atoms with Crippen LogP contribution in [0.25, 0.3) is 0 Å². The number of nitrogens with one attached hydrogen (secondary N) is 2. The van der Waals surface area contributed by atoms with Gasteiger partial charge in [-0.1, -0.05) is 65.9 Å². The molecule has 1 aliphatic heterocycles. The Morgan fingerprint density at radius 3 is 2.57 bits per heavy atom. The molecule has 2 N–H and O–H groups in total. The molecule has 178 valence electrons. The second-order valence-electron chi connectivity index (χ2n) is 8.11. The van der Waals surface area contributed by atoms with E-state index in [1.807, 2.05) is 84.4 Å². The van der Waals surface area contributed by atoms with Crippen molar-refractivity contribution in [1.82, 2.24) is 14.9 Å². The van der Waals surface area contributed by atoms with Crippen LogP contribution in [0, 0.1) is 6.92 Å². The molecule has 0 bridgehead atoms. The summed E-state index contributed by atoms with van der Waals surface area (Å²) in [6, 6.07) is 24.7. The van der Waals surface area contributed by atoms with E-state index in [-0.39, 0.29) is 18.6 Å². The molecule has 9 heteroatoms. The van der Waals surface area contributed by atoms with Gasteiger partial charge in [-0.2, -0.15) is 0 Å². The predicted molar refractivity (Wildman–Crippen MR) is 135 cm³/mol. The third-order valence-corrected chi connectivity index (χ3v) is 6.86. The number of fused-ring (bicyclic) bond motifs is 1. The number of aryl methyl sites for hydroxylation is 1. The highest BCUT2D eigenvalue weighted by atomic mass is 32.2. The monoisotopic (exact) mass is 487 g/mol. The maximum absolute atomic E-state index is 13.5. The predicted octanol–water partition coefficient (Wildman–Crippen LogP) is 4.57. The fraction of sp³-hybridized carbons (Fsp3) is 0.192. The summed E-state index contributed by atoms with van der Waals surface area (Å²) in [4.78, 5) is 13.5. The van der Waals surface area contributed by atoms with Crippen molar-refractivity contribution in [3.05, 3.63) is 95.8 Å². The maximum Gasteiger partial charge on any atom is 0.240 e. The number of carbonyl (C=O) groups excluding carboxylic acids is 1. The van der Waals surface area contributed by atoms with Gasteiger partial charge in [0, 0.05) is 11.8 Å². The van der Waals surface area contributed by atoms with E-state index in [1.54, 1.807) is 13.2 Å². The summed E-state index contributed by atoms with van der Waals surface area (Å²) in [5.74, 6) is 1.91. The summed E-state index contributed by atoms with van der Waals surface area (Å²) >= 11 is 1.37. The molecule has 0 unspecified atom stereocenters. The molecule has 0 aliphatic carbocycles. The minimum absolute atomic E-state index is 0.141. The zero-order valence-corrected chi connectivity index (χ0v) is 20.2. The van der Waals surface area contributed by atoms with E-state index in [9.17, 15) is 4.79 Å². The molecule has 2 atom stereocenters. The van der Waals surface area contributed by atoms with Crippen molar-refractivity contribution in [3.8, 4) is 11.5 Å². The van der Waals surface area contributed by atoms with Crippen LogP contribution in [0.5, 0.6) is 11.5 Å². The molecule has 1 amide bonds. The van der Waals surface area contributed by atoms with Gasteiger partial charge in [0.25, 0.3) is 0 Å². The van der Waals surface area contributed by atoms with Gasteiger partial charge in [-0.15, -0.1) is 10.2 Å². The Morgan fingerprint density at radius 2 is 1.80 bits per heavy atom. The van der Waals surface area contributed by atoms with Gasteiger partial charge in [0.1, 0.15) is 23.4 Å². The fourth-order valence-corrected chi connectivity index (χ4v) is 4.89. The molecule has 4 aromatic rings. The lowest BCUT2D eigenvalue weighted by Crippen LogP contribution is -2.41. The van der Waals surface area contributed by atoms with Crippen LogP contribution in [-0.2, 0) is 11.4 Å². The summed E-state index contributed by atoms with van der Waals surface area (Å²) < 4.78 is 13.0. The Hall–Kier alpha value is -3.98. The molecule has 0 radical (unpaired) electrons. The molecular formula is C26H25N5O3S. The number of rotatable bonds is 7. The van der Waals surface area contributed by atoms with Gasteiger partial charge in [-0.3, -0.25) is 4.79 Å². The topological polar surface area (TPSA) is 90.3 Å². The molecule has 8 nitrogen and oxygen atoms in total. The number of carbonyl (C=O) groups is 1. The number of amides is 1. The van der Waals surface area contributed by atoms with Crippen LogP contribution in [0.2, 0.25) is 0 Å². The number of thioether (sulfide) groups is 1. The van der Waals surface area contributed by atoms with E-state index >= 15 is 0 Å². The number of benzene rings is 3. The Bertz CT molecular complexity index is 1310. The summed E-state index contributed by atoms with van der Waals surface area (Å²) in [6.45, 7) is 2.28. The van der Waals surface area contributed by atoms with Gasteiger partial charge >= 0.3 is 0 Å². The van der Waals surface area contributed by atoms with Gasteiger partial charge in [-0.25, -0.2) is 4.68 Å². The van der Waals surface area contributed by atoms with Gasteiger partial charge in [0.05, 0.1) is 13.2 Å². The number of hydrogen-bond acceptors (Lipinski definition) is 7. The summed E-state index contributed by atoms with van der Waals surface area (Å²) in [5, 5.41) is 11.8. The van der Waals surface area contributed by atoms with Crippen LogP contribution in [0.3, 0.4) is 0 Å². The number of methoxy groups -OCH3 is 1. The smallest absolute Gasteiger partial charge is 0.240 e. The molecule has 0 saturated heterocycles. The fourth-order valence-electron chi connectivity index (χ4n) is 3.79. The molecule has 0 saturated carbocycles. The van der Waals surface area contributed by atoms with Crippen molar-refractivity contribution >= 4 is 23.4 Å². The minimum Gasteiger partial charge on any atom is -0.497 e. The first-order chi connectivity index (χ1) is 17.1. The molecule has 1 aromatic heterocycles. The Balaban J connectivity index is 1.41. The Kier molecular flexibility index (Phi) is 6.58. The van der Waals surface area contributed by atoms with Crippen LogP contribution in [0.1, 0.15) is 23.0 Å². The normalized spacial score (nSPS) is 16.6. The van der Waals surface area contributed by atoms with Crippen molar-refractivity contribution in [2.24, 2.45) is 0 Å². The van der Waals surface area contributed by atoms with E-state index in [2.05, 4.69) is 20.9 Å². The number of anilines is 1. The van der Waals surface area contributed by atoms with Gasteiger partial charge in [0.2, 0.25) is 11.1 Å². The second-order valence-corrected chi connectivity index (χ2v) is 9.22. The van der Waals surface area contributed by atoms with E-state index in [4.69, 9.17) is 9.47 Å². The number of hydrogen-bond donors (Lipinski definition) is 2. The highest BCUT2D eigenvalue weighted by molar-refractivity contribution is 8.00. The largest absolute Gasteiger partial charge is 0.497 e. The zero-order valence-electron chi connectivity index (χ0n) is 19.3. The third kappa shape index (κ3) is 5.09. The first-order valence-electron chi connectivity index (χ1n) is 11.2. The molecule has 5 rings (SSSR count). The molecule has 3 aromatic carbocycles. The van der Waals surface area contributed by atoms with Gasteiger partial charge in [-0.05, 0) is 36.8 Å². The van der Waals surface area contributed by atoms with E-state index in [1.165, 1.54) is 11.8 Å². The van der Waals surface area contributed by atoms with Crippen molar-refractivity contribution in [2.75, 3.05) is 17.9 Å². The molecule has 0 spiro atoms. The van der Waals surface area contributed by atoms with Gasteiger partial charge < -0.3 is 20.2 Å². The van der Waals surface area contributed by atoms with E-state index in [0.717, 1.165) is 16.9 Å². The molecule has 1 aliphatic rings. The van der Waals surface area contributed by atoms with Crippen molar-refractivity contribution in [3.63, 3.8) is 0 Å². The first-order valence-corrected chi connectivity index (χ1v) is 12.1. The maximum atomic E-state index is 13.5. The number of ether oxygens (including phenoxy) is 2. The van der Waals surface area contributed by atoms with E-state index in [0.29, 0.717) is 22.4 Å². The quantitative estimate of drug-likeness (QED) is 0.395. The third-order valence-electron chi connectivity index (χ3n) is 5.65.